The van der Waals surface area contributed by atoms with E-state index in [0.717, 1.165) is 12.1 Å². The van der Waals surface area contributed by atoms with E-state index in [2.05, 4.69) is 4.21 Å². The molecule has 0 heterocycles. The first-order valence-electron chi connectivity index (χ1n) is 3.05. The summed E-state index contributed by atoms with van der Waals surface area (Å²) in [6.07, 6.45) is 0. The zero-order chi connectivity index (χ0) is 9.14. The summed E-state index contributed by atoms with van der Waals surface area (Å²) in [5, 5.41) is 8.89. The molecule has 2 nitrogen and oxygen atoms in total. The van der Waals surface area contributed by atoms with Gasteiger partial charge in [-0.05, 0) is 17.6 Å². The molecule has 0 amide bonds. The van der Waals surface area contributed by atoms with E-state index < -0.39 is 18.8 Å². The molecule has 0 radical (unpaired) electrons. The van der Waals surface area contributed by atoms with Crippen LogP contribution in [0.25, 0.3) is 0 Å². The summed E-state index contributed by atoms with van der Waals surface area (Å²) in [6.45, 7) is 0. The minimum absolute atomic E-state index is 0.0671. The zero-order valence-corrected chi connectivity index (χ0v) is 6.55. The lowest BCUT2D eigenvalue weighted by Crippen LogP contribution is -2.31. The van der Waals surface area contributed by atoms with Crippen LogP contribution < -0.4 is 5.46 Å². The molecule has 0 fully saturated rings. The maximum Gasteiger partial charge on any atom is 0.508 e. The van der Waals surface area contributed by atoms with Gasteiger partial charge in [-0.1, -0.05) is 0 Å². The maximum absolute atomic E-state index is 12.5. The molecule has 0 saturated heterocycles. The van der Waals surface area contributed by atoms with Crippen LogP contribution in [0.3, 0.4) is 0 Å². The second kappa shape index (κ2) is 3.84. The van der Waals surface area contributed by atoms with Gasteiger partial charge in [-0.25, -0.2) is 8.78 Å². The zero-order valence-electron chi connectivity index (χ0n) is 5.80. The van der Waals surface area contributed by atoms with Crippen LogP contribution in [0.2, 0.25) is 0 Å². The van der Waals surface area contributed by atoms with Gasteiger partial charge < -0.3 is 9.23 Å². The number of halogens is 3. The van der Waals surface area contributed by atoms with Crippen LogP contribution in [0.15, 0.2) is 18.2 Å². The van der Waals surface area contributed by atoms with E-state index in [1.807, 2.05) is 0 Å². The standard InChI is InChI=1S/C6H4BClF2O2/c8-12-7(11)4-1-5(9)3-6(10)2-4/h1-3,11H. The Bertz CT molecular complexity index is 264. The number of benzene rings is 1. The second-order valence-electron chi connectivity index (χ2n) is 2.14. The van der Waals surface area contributed by atoms with Crippen molar-refractivity contribution >= 4 is 24.4 Å². The van der Waals surface area contributed by atoms with Crippen LogP contribution in [0, 0.1) is 11.6 Å². The Balaban J connectivity index is 3.00. The monoisotopic (exact) mass is 192 g/mol. The van der Waals surface area contributed by atoms with E-state index in [4.69, 9.17) is 16.9 Å². The van der Waals surface area contributed by atoms with E-state index >= 15 is 0 Å². The number of rotatable bonds is 2. The molecule has 64 valence electrons. The second-order valence-corrected chi connectivity index (χ2v) is 2.32. The smallest absolute Gasteiger partial charge is 0.422 e. The highest BCUT2D eigenvalue weighted by Crippen LogP contribution is 2.00. The van der Waals surface area contributed by atoms with Crippen molar-refractivity contribution in [1.29, 1.82) is 0 Å². The van der Waals surface area contributed by atoms with Gasteiger partial charge in [0, 0.05) is 17.9 Å². The molecule has 0 aliphatic rings. The normalized spacial score (nSPS) is 10.0. The average molecular weight is 192 g/mol. The lowest BCUT2D eigenvalue weighted by Gasteiger charge is -2.01. The van der Waals surface area contributed by atoms with Crippen LogP contribution in [0.5, 0.6) is 0 Å². The highest BCUT2D eigenvalue weighted by molar-refractivity contribution is 6.63. The summed E-state index contributed by atoms with van der Waals surface area (Å²) < 4.78 is 28.9. The molecule has 1 N–H and O–H groups in total. The predicted octanol–water partition coefficient (Wildman–Crippen LogP) is 0.823. The summed E-state index contributed by atoms with van der Waals surface area (Å²) in [6, 6.07) is 2.54. The molecule has 0 aliphatic heterocycles. The molecule has 1 aromatic carbocycles. The fourth-order valence-corrected chi connectivity index (χ4v) is 0.872. The number of hydrogen-bond donors (Lipinski definition) is 1. The molecule has 12 heavy (non-hydrogen) atoms. The highest BCUT2D eigenvalue weighted by Gasteiger charge is 2.17. The van der Waals surface area contributed by atoms with Gasteiger partial charge in [-0.2, -0.15) is 0 Å². The molecule has 6 heteroatoms. The van der Waals surface area contributed by atoms with Crippen LogP contribution in [-0.4, -0.2) is 12.1 Å². The van der Waals surface area contributed by atoms with Crippen LogP contribution in [0.4, 0.5) is 8.78 Å². The third-order valence-electron chi connectivity index (χ3n) is 1.25. The fraction of sp³-hybridized carbons (Fsp3) is 0. The maximum atomic E-state index is 12.5. The largest absolute Gasteiger partial charge is 0.508 e. The predicted molar refractivity (Wildman–Crippen MR) is 40.9 cm³/mol. The first kappa shape index (κ1) is 9.44. The highest BCUT2D eigenvalue weighted by atomic mass is 35.5. The Hall–Kier alpha value is -0.645. The lowest BCUT2D eigenvalue weighted by molar-refractivity contribution is 0.456. The topological polar surface area (TPSA) is 29.5 Å². The molecule has 1 aromatic rings. The van der Waals surface area contributed by atoms with E-state index in [9.17, 15) is 8.78 Å². The summed E-state index contributed by atoms with van der Waals surface area (Å²) >= 11 is 4.80. The molecule has 0 unspecified atom stereocenters. The molecular weight excluding hydrogens is 188 g/mol. The Kier molecular flexibility index (Phi) is 3.02. The van der Waals surface area contributed by atoms with Crippen LogP contribution in [-0.2, 0) is 4.21 Å². The summed E-state index contributed by atoms with van der Waals surface area (Å²) in [4.78, 5) is 0. The van der Waals surface area contributed by atoms with Crippen LogP contribution in [0.1, 0.15) is 0 Å². The summed E-state index contributed by atoms with van der Waals surface area (Å²) in [5.74, 6) is -1.59. The molecule has 0 atom stereocenters. The Morgan fingerprint density at radius 1 is 1.25 bits per heavy atom. The summed E-state index contributed by atoms with van der Waals surface area (Å²) in [5.41, 5.74) is -0.0671. The van der Waals surface area contributed by atoms with Crippen molar-refractivity contribution in [3.8, 4) is 0 Å². The van der Waals surface area contributed by atoms with Crippen molar-refractivity contribution in [2.45, 2.75) is 0 Å². The van der Waals surface area contributed by atoms with Gasteiger partial charge in [0.2, 0.25) is 0 Å². The van der Waals surface area contributed by atoms with Gasteiger partial charge in [-0.3, -0.25) is 0 Å². The van der Waals surface area contributed by atoms with Gasteiger partial charge in [0.15, 0.2) is 0 Å². The van der Waals surface area contributed by atoms with Crippen molar-refractivity contribution in [2.75, 3.05) is 0 Å². The Labute approximate surface area is 73.0 Å². The third kappa shape index (κ3) is 2.17. The quantitative estimate of drug-likeness (QED) is 0.703. The fourth-order valence-electron chi connectivity index (χ4n) is 0.769. The van der Waals surface area contributed by atoms with E-state index in [-0.39, 0.29) is 5.46 Å². The molecule has 0 spiro atoms. The molecule has 0 bridgehead atoms. The first-order valence-corrected chi connectivity index (χ1v) is 3.36. The van der Waals surface area contributed by atoms with E-state index in [1.54, 1.807) is 0 Å². The molecule has 0 aromatic heterocycles. The lowest BCUT2D eigenvalue weighted by atomic mass is 9.80. The molecular formula is C6H4BClF2O2. The van der Waals surface area contributed by atoms with E-state index in [0.29, 0.717) is 6.07 Å². The van der Waals surface area contributed by atoms with Crippen molar-refractivity contribution in [3.63, 3.8) is 0 Å². The first-order chi connectivity index (χ1) is 5.63. The molecule has 0 saturated carbocycles. The molecule has 0 aliphatic carbocycles. The van der Waals surface area contributed by atoms with Crippen LogP contribution >= 0.6 is 11.9 Å². The van der Waals surface area contributed by atoms with Crippen molar-refractivity contribution < 1.29 is 18.0 Å². The van der Waals surface area contributed by atoms with Gasteiger partial charge in [0.05, 0.1) is 0 Å². The SMILES string of the molecule is OB(OCl)c1cc(F)cc(F)c1. The Morgan fingerprint density at radius 2 is 1.75 bits per heavy atom. The van der Waals surface area contributed by atoms with Gasteiger partial charge in [0.25, 0.3) is 0 Å². The van der Waals surface area contributed by atoms with Crippen molar-refractivity contribution in [3.05, 3.63) is 29.8 Å². The Morgan fingerprint density at radius 3 is 2.17 bits per heavy atom. The van der Waals surface area contributed by atoms with Crippen molar-refractivity contribution in [2.24, 2.45) is 0 Å². The average Bonchev–Trinajstić information content (AvgIpc) is 2.01. The number of hydrogen-bond acceptors (Lipinski definition) is 2. The minimum Gasteiger partial charge on any atom is -0.422 e. The van der Waals surface area contributed by atoms with Gasteiger partial charge >= 0.3 is 7.12 Å². The third-order valence-corrected chi connectivity index (χ3v) is 1.42. The summed E-state index contributed by atoms with van der Waals surface area (Å²) in [7, 11) is -1.52. The van der Waals surface area contributed by atoms with E-state index in [1.165, 1.54) is 0 Å². The van der Waals surface area contributed by atoms with Gasteiger partial charge in [0.1, 0.15) is 11.6 Å². The van der Waals surface area contributed by atoms with Crippen molar-refractivity contribution in [1.82, 2.24) is 0 Å². The molecule has 1 rings (SSSR count). The van der Waals surface area contributed by atoms with Gasteiger partial charge in [-0.15, -0.1) is 0 Å². The minimum atomic E-state index is -1.52.